The molecule has 1 fully saturated rings. The molecule has 0 saturated heterocycles. The number of rotatable bonds is 6. The summed E-state index contributed by atoms with van der Waals surface area (Å²) in [4.78, 5) is 0.0183. The fourth-order valence-electron chi connectivity index (χ4n) is 3.95. The molecule has 1 aliphatic carbocycles. The lowest BCUT2D eigenvalue weighted by Gasteiger charge is -2.38. The number of halogens is 1. The molecular weight excluding hydrogens is 427 g/mol. The molecule has 2 aromatic carbocycles. The summed E-state index contributed by atoms with van der Waals surface area (Å²) in [5.74, 6) is 0. The van der Waals surface area contributed by atoms with E-state index in [0.717, 1.165) is 11.1 Å². The molecule has 1 aliphatic rings. The minimum Gasteiger partial charge on any atom is -0.237 e. The van der Waals surface area contributed by atoms with Gasteiger partial charge in [-0.05, 0) is 68.9 Å². The van der Waals surface area contributed by atoms with E-state index in [2.05, 4.69) is 4.72 Å². The Morgan fingerprint density at radius 1 is 0.933 bits per heavy atom. The molecule has 1 saturated carbocycles. The summed E-state index contributed by atoms with van der Waals surface area (Å²) in [7, 11) is -7.40. The first-order valence-electron chi connectivity index (χ1n) is 9.74. The Morgan fingerprint density at radius 3 is 1.90 bits per heavy atom. The van der Waals surface area contributed by atoms with E-state index in [1.807, 2.05) is 0 Å². The van der Waals surface area contributed by atoms with Gasteiger partial charge in [0, 0.05) is 0 Å². The minimum atomic E-state index is -3.77. The fraction of sp³-hybridized carbons (Fsp3) is 0.429. The van der Waals surface area contributed by atoms with Crippen molar-refractivity contribution in [1.82, 2.24) is 4.72 Å². The summed E-state index contributed by atoms with van der Waals surface area (Å²) in [6.45, 7) is 4.76. The number of primary sulfonamides is 1. The molecule has 0 aromatic heterocycles. The van der Waals surface area contributed by atoms with Crippen molar-refractivity contribution in [2.45, 2.75) is 61.4 Å². The smallest absolute Gasteiger partial charge is 0.237 e. The average Bonchev–Trinajstić information content (AvgIpc) is 2.96. The Kier molecular flexibility index (Phi) is 5.87. The second kappa shape index (κ2) is 7.71. The highest BCUT2D eigenvalue weighted by molar-refractivity contribution is 7.90. The molecule has 164 valence electrons. The average molecular weight is 455 g/mol. The summed E-state index contributed by atoms with van der Waals surface area (Å²) in [5, 5.41) is 4.47. The molecule has 3 rings (SSSR count). The Balaban J connectivity index is 1.91. The Labute approximate surface area is 177 Å². The molecule has 2 atom stereocenters. The number of alkyl halides is 1. The molecule has 9 heteroatoms. The second-order valence-corrected chi connectivity index (χ2v) is 12.1. The van der Waals surface area contributed by atoms with Crippen LogP contribution in [0.4, 0.5) is 4.39 Å². The van der Waals surface area contributed by atoms with Crippen LogP contribution < -0.4 is 9.86 Å². The van der Waals surface area contributed by atoms with Crippen LogP contribution in [0.5, 0.6) is 0 Å². The molecule has 2 aromatic rings. The highest BCUT2D eigenvalue weighted by Gasteiger charge is 2.55. The van der Waals surface area contributed by atoms with Crippen LogP contribution in [0.15, 0.2) is 53.4 Å². The summed E-state index contributed by atoms with van der Waals surface area (Å²) in [5.41, 5.74) is -1.10. The van der Waals surface area contributed by atoms with Gasteiger partial charge in [0.05, 0.1) is 15.7 Å². The van der Waals surface area contributed by atoms with Gasteiger partial charge in [-0.1, -0.05) is 36.4 Å². The van der Waals surface area contributed by atoms with Crippen LogP contribution in [0.2, 0.25) is 0 Å². The lowest BCUT2D eigenvalue weighted by molar-refractivity contribution is 0.0814. The van der Waals surface area contributed by atoms with Gasteiger partial charge in [0.25, 0.3) is 0 Å². The van der Waals surface area contributed by atoms with Crippen molar-refractivity contribution in [3.63, 3.8) is 0 Å². The highest BCUT2D eigenvalue weighted by atomic mass is 32.2. The largest absolute Gasteiger partial charge is 0.238 e. The van der Waals surface area contributed by atoms with E-state index < -0.39 is 36.5 Å². The van der Waals surface area contributed by atoms with Crippen molar-refractivity contribution in [2.75, 3.05) is 0 Å². The molecule has 3 N–H and O–H groups in total. The minimum absolute atomic E-state index is 0.0183. The second-order valence-electron chi connectivity index (χ2n) is 8.33. The maximum Gasteiger partial charge on any atom is 0.238 e. The van der Waals surface area contributed by atoms with Crippen LogP contribution in [-0.4, -0.2) is 27.6 Å². The van der Waals surface area contributed by atoms with E-state index in [1.54, 1.807) is 57.2 Å². The SMILES string of the molecule is CC(C)S(=O)(=O)N[C@@]1(C)CCCC1(F)c1ccc(-c2ccc(S(N)(=O)=O)cc2)cc1. The topological polar surface area (TPSA) is 106 Å². The first-order valence-corrected chi connectivity index (χ1v) is 12.8. The summed E-state index contributed by atoms with van der Waals surface area (Å²) in [6.07, 6.45) is 1.21. The monoisotopic (exact) mass is 454 g/mol. The number of sulfonamides is 2. The molecule has 0 bridgehead atoms. The number of nitrogens with two attached hydrogens (primary N) is 1. The van der Waals surface area contributed by atoms with Crippen LogP contribution in [0.25, 0.3) is 11.1 Å². The van der Waals surface area contributed by atoms with Crippen LogP contribution >= 0.6 is 0 Å². The summed E-state index contributed by atoms with van der Waals surface area (Å²) in [6, 6.07) is 12.9. The third kappa shape index (κ3) is 4.16. The van der Waals surface area contributed by atoms with Gasteiger partial charge in [0.2, 0.25) is 20.0 Å². The molecule has 0 amide bonds. The Bertz CT molecular complexity index is 1130. The predicted molar refractivity (Wildman–Crippen MR) is 115 cm³/mol. The van der Waals surface area contributed by atoms with E-state index in [-0.39, 0.29) is 11.3 Å². The number of nitrogens with one attached hydrogen (secondary N) is 1. The lowest BCUT2D eigenvalue weighted by atomic mass is 9.81. The van der Waals surface area contributed by atoms with Gasteiger partial charge in [-0.25, -0.2) is 31.1 Å². The molecule has 0 spiro atoms. The van der Waals surface area contributed by atoms with E-state index in [1.165, 1.54) is 12.1 Å². The van der Waals surface area contributed by atoms with Crippen molar-refractivity contribution in [1.29, 1.82) is 0 Å². The van der Waals surface area contributed by atoms with Gasteiger partial charge in [-0.2, -0.15) is 0 Å². The van der Waals surface area contributed by atoms with Crippen LogP contribution in [0, 0.1) is 0 Å². The molecule has 6 nitrogen and oxygen atoms in total. The zero-order valence-corrected chi connectivity index (χ0v) is 18.9. The fourth-order valence-corrected chi connectivity index (χ4v) is 5.59. The van der Waals surface area contributed by atoms with E-state index in [4.69, 9.17) is 5.14 Å². The first kappa shape index (κ1) is 22.9. The van der Waals surface area contributed by atoms with Gasteiger partial charge >= 0.3 is 0 Å². The molecular formula is C21H27FN2O4S2. The molecule has 0 aliphatic heterocycles. The number of hydrogen-bond acceptors (Lipinski definition) is 4. The Morgan fingerprint density at radius 2 is 1.43 bits per heavy atom. The summed E-state index contributed by atoms with van der Waals surface area (Å²) < 4.78 is 66.4. The number of hydrogen-bond donors (Lipinski definition) is 2. The van der Waals surface area contributed by atoms with Crippen LogP contribution in [-0.2, 0) is 25.7 Å². The summed E-state index contributed by atoms with van der Waals surface area (Å²) >= 11 is 0. The van der Waals surface area contributed by atoms with Crippen molar-refractivity contribution >= 4 is 20.0 Å². The third-order valence-corrected chi connectivity index (χ3v) is 8.82. The van der Waals surface area contributed by atoms with Gasteiger partial charge in [0.15, 0.2) is 5.67 Å². The Hall–Kier alpha value is -1.81. The highest BCUT2D eigenvalue weighted by Crippen LogP contribution is 2.50. The third-order valence-electron chi connectivity index (χ3n) is 5.92. The van der Waals surface area contributed by atoms with E-state index >= 15 is 4.39 Å². The first-order chi connectivity index (χ1) is 13.8. The predicted octanol–water partition coefficient (Wildman–Crippen LogP) is 3.44. The quantitative estimate of drug-likeness (QED) is 0.697. The van der Waals surface area contributed by atoms with Gasteiger partial charge in [0.1, 0.15) is 0 Å². The van der Waals surface area contributed by atoms with Crippen molar-refractivity contribution < 1.29 is 21.2 Å². The van der Waals surface area contributed by atoms with Crippen LogP contribution in [0.1, 0.15) is 45.6 Å². The van der Waals surface area contributed by atoms with E-state index in [9.17, 15) is 16.8 Å². The van der Waals surface area contributed by atoms with Crippen molar-refractivity contribution in [2.24, 2.45) is 5.14 Å². The normalized spacial score (nSPS) is 25.0. The lowest BCUT2D eigenvalue weighted by Crippen LogP contribution is -2.56. The van der Waals surface area contributed by atoms with E-state index in [0.29, 0.717) is 18.4 Å². The number of benzene rings is 2. The van der Waals surface area contributed by atoms with Crippen LogP contribution in [0.3, 0.4) is 0 Å². The standard InChI is InChI=1S/C21H27FN2O4S2/c1-15(2)30(27,28)24-20(3)13-4-14-21(20,22)18-9-5-16(6-10-18)17-7-11-19(12-8-17)29(23,25)26/h5-12,15,24H,4,13-14H2,1-3H3,(H2,23,25,26)/t20-,21?/m0/s1. The van der Waals surface area contributed by atoms with Crippen molar-refractivity contribution in [3.8, 4) is 11.1 Å². The van der Waals surface area contributed by atoms with Gasteiger partial charge in [-0.15, -0.1) is 0 Å². The molecule has 30 heavy (non-hydrogen) atoms. The maximum atomic E-state index is 16.2. The van der Waals surface area contributed by atoms with Crippen molar-refractivity contribution in [3.05, 3.63) is 54.1 Å². The van der Waals surface area contributed by atoms with Gasteiger partial charge < -0.3 is 0 Å². The zero-order chi connectivity index (χ0) is 22.4. The molecule has 1 unspecified atom stereocenters. The van der Waals surface area contributed by atoms with Gasteiger partial charge in [-0.3, -0.25) is 0 Å². The molecule has 0 heterocycles. The zero-order valence-electron chi connectivity index (χ0n) is 17.2. The maximum absolute atomic E-state index is 16.2. The molecule has 0 radical (unpaired) electrons.